The van der Waals surface area contributed by atoms with Gasteiger partial charge in [-0.05, 0) is 66.0 Å². The molecule has 0 fully saturated rings. The number of unbranched alkanes of at least 4 members (excludes halogenated alkanes) is 1. The molecular formula is C33H47N3O6. The quantitative estimate of drug-likeness (QED) is 0.327. The highest BCUT2D eigenvalue weighted by Crippen LogP contribution is 2.24. The van der Waals surface area contributed by atoms with Crippen LogP contribution in [0.1, 0.15) is 85.4 Å². The third kappa shape index (κ3) is 11.5. The Balaban J connectivity index is 2.46. The van der Waals surface area contributed by atoms with Crippen molar-refractivity contribution in [3.05, 3.63) is 71.8 Å². The van der Waals surface area contributed by atoms with Crippen LogP contribution in [-0.4, -0.2) is 58.6 Å². The summed E-state index contributed by atoms with van der Waals surface area (Å²) < 4.78 is 11.0. The monoisotopic (exact) mass is 581 g/mol. The fourth-order valence-corrected chi connectivity index (χ4v) is 4.26. The van der Waals surface area contributed by atoms with Crippen LogP contribution in [0.4, 0.5) is 4.79 Å². The molecular weight excluding hydrogens is 534 g/mol. The van der Waals surface area contributed by atoms with Crippen LogP contribution in [0.2, 0.25) is 0 Å². The maximum absolute atomic E-state index is 14.1. The van der Waals surface area contributed by atoms with Crippen molar-refractivity contribution in [2.45, 2.75) is 104 Å². The van der Waals surface area contributed by atoms with Crippen LogP contribution in [0.5, 0.6) is 0 Å². The number of ether oxygens (including phenoxy) is 2. The summed E-state index contributed by atoms with van der Waals surface area (Å²) in [7, 11) is 0. The Bertz CT molecular complexity index is 1170. The second-order valence-corrected chi connectivity index (χ2v) is 12.4. The molecule has 0 aliphatic carbocycles. The Labute approximate surface area is 250 Å². The van der Waals surface area contributed by atoms with E-state index in [2.05, 4.69) is 10.6 Å². The van der Waals surface area contributed by atoms with Crippen molar-refractivity contribution in [1.82, 2.24) is 15.5 Å². The maximum atomic E-state index is 14.1. The van der Waals surface area contributed by atoms with Gasteiger partial charge >= 0.3 is 12.1 Å². The zero-order valence-corrected chi connectivity index (χ0v) is 26.2. The first kappa shape index (κ1) is 34.3. The number of carbonyl (C=O) groups excluding carboxylic acids is 4. The SMILES string of the molecule is CCCCN(C(=O)C(C)NC(=O)OC(C)(C)C)C(C(=O)NC(Cc1ccccc1)C(=O)OC(C)(C)C)c1ccccc1. The highest BCUT2D eigenvalue weighted by molar-refractivity contribution is 5.93. The predicted octanol–water partition coefficient (Wildman–Crippen LogP) is 5.34. The number of hydrogen-bond acceptors (Lipinski definition) is 6. The minimum Gasteiger partial charge on any atom is -0.458 e. The van der Waals surface area contributed by atoms with Crippen LogP contribution >= 0.6 is 0 Å². The molecule has 42 heavy (non-hydrogen) atoms. The summed E-state index contributed by atoms with van der Waals surface area (Å²) in [4.78, 5) is 55.2. The molecule has 3 unspecified atom stereocenters. The van der Waals surface area contributed by atoms with Gasteiger partial charge in [0.1, 0.15) is 29.3 Å². The minimum absolute atomic E-state index is 0.211. The summed E-state index contributed by atoms with van der Waals surface area (Å²) in [6.07, 6.45) is 0.881. The van der Waals surface area contributed by atoms with Crippen LogP contribution in [0.25, 0.3) is 0 Å². The van der Waals surface area contributed by atoms with Crippen LogP contribution in [0.15, 0.2) is 60.7 Å². The van der Waals surface area contributed by atoms with E-state index >= 15 is 0 Å². The van der Waals surface area contributed by atoms with Crippen molar-refractivity contribution < 1.29 is 28.7 Å². The standard InChI is InChI=1S/C33H47N3O6/c1-9-10-21-36(29(38)23(2)34-31(40)42-33(6,7)8)27(25-19-15-12-16-20-25)28(37)35-26(30(39)41-32(3,4)5)22-24-17-13-11-14-18-24/h11-20,23,26-27H,9-10,21-22H2,1-8H3,(H,34,40)(H,35,37). The zero-order chi connectivity index (χ0) is 31.5. The molecule has 0 saturated carbocycles. The minimum atomic E-state index is -1.06. The summed E-state index contributed by atoms with van der Waals surface area (Å²) in [6, 6.07) is 15.2. The first-order chi connectivity index (χ1) is 19.6. The lowest BCUT2D eigenvalue weighted by molar-refractivity contribution is -0.159. The summed E-state index contributed by atoms with van der Waals surface area (Å²) >= 11 is 0. The third-order valence-electron chi connectivity index (χ3n) is 6.11. The normalized spacial score (nSPS) is 13.7. The summed E-state index contributed by atoms with van der Waals surface area (Å²) in [5, 5.41) is 5.49. The number of benzene rings is 2. The zero-order valence-electron chi connectivity index (χ0n) is 26.2. The lowest BCUT2D eigenvalue weighted by Crippen LogP contribution is -2.54. The number of nitrogens with one attached hydrogen (secondary N) is 2. The van der Waals surface area contributed by atoms with E-state index in [1.807, 2.05) is 43.3 Å². The molecule has 0 saturated heterocycles. The van der Waals surface area contributed by atoms with Gasteiger partial charge in [-0.2, -0.15) is 0 Å². The molecule has 230 valence electrons. The Morgan fingerprint density at radius 2 is 1.36 bits per heavy atom. The van der Waals surface area contributed by atoms with Crippen molar-refractivity contribution >= 4 is 23.9 Å². The fraction of sp³-hybridized carbons (Fsp3) is 0.515. The van der Waals surface area contributed by atoms with Gasteiger partial charge in [-0.1, -0.05) is 74.0 Å². The van der Waals surface area contributed by atoms with E-state index < -0.39 is 53.2 Å². The van der Waals surface area contributed by atoms with Gasteiger partial charge in [-0.25, -0.2) is 9.59 Å². The Morgan fingerprint density at radius 1 is 0.810 bits per heavy atom. The van der Waals surface area contributed by atoms with E-state index in [4.69, 9.17) is 9.47 Å². The van der Waals surface area contributed by atoms with Gasteiger partial charge in [0.25, 0.3) is 0 Å². The third-order valence-corrected chi connectivity index (χ3v) is 6.11. The summed E-state index contributed by atoms with van der Waals surface area (Å²) in [5.74, 6) is -1.55. The molecule has 2 rings (SSSR count). The summed E-state index contributed by atoms with van der Waals surface area (Å²) in [5.41, 5.74) is -0.0800. The lowest BCUT2D eigenvalue weighted by Gasteiger charge is -2.34. The van der Waals surface area contributed by atoms with Gasteiger partial charge in [0.2, 0.25) is 11.8 Å². The van der Waals surface area contributed by atoms with Crippen LogP contribution in [-0.2, 0) is 30.3 Å². The number of rotatable bonds is 12. The second-order valence-electron chi connectivity index (χ2n) is 12.4. The van der Waals surface area contributed by atoms with Crippen LogP contribution in [0.3, 0.4) is 0 Å². The van der Waals surface area contributed by atoms with E-state index in [0.717, 1.165) is 12.0 Å². The number of nitrogens with zero attached hydrogens (tertiary/aromatic N) is 1. The van der Waals surface area contributed by atoms with E-state index in [1.165, 1.54) is 4.90 Å². The smallest absolute Gasteiger partial charge is 0.408 e. The van der Waals surface area contributed by atoms with Crippen molar-refractivity contribution in [3.8, 4) is 0 Å². The highest BCUT2D eigenvalue weighted by atomic mass is 16.6. The molecule has 0 aliphatic heterocycles. The van der Waals surface area contributed by atoms with Crippen molar-refractivity contribution in [3.63, 3.8) is 0 Å². The van der Waals surface area contributed by atoms with Crippen molar-refractivity contribution in [1.29, 1.82) is 0 Å². The Morgan fingerprint density at radius 3 is 1.88 bits per heavy atom. The highest BCUT2D eigenvalue weighted by Gasteiger charge is 2.37. The molecule has 9 heteroatoms. The number of amides is 3. The average molecular weight is 582 g/mol. The molecule has 0 bridgehead atoms. The molecule has 0 radical (unpaired) electrons. The van der Waals surface area contributed by atoms with E-state index in [9.17, 15) is 19.2 Å². The lowest BCUT2D eigenvalue weighted by atomic mass is 10.0. The number of carbonyl (C=O) groups is 4. The number of alkyl carbamates (subject to hydrolysis) is 1. The number of esters is 1. The van der Waals surface area contributed by atoms with E-state index in [0.29, 0.717) is 12.0 Å². The van der Waals surface area contributed by atoms with Gasteiger partial charge in [-0.3, -0.25) is 9.59 Å². The summed E-state index contributed by atoms with van der Waals surface area (Å²) in [6.45, 7) is 14.3. The molecule has 3 atom stereocenters. The van der Waals surface area contributed by atoms with Crippen molar-refractivity contribution in [2.75, 3.05) is 6.54 Å². The average Bonchev–Trinajstić information content (AvgIpc) is 2.89. The van der Waals surface area contributed by atoms with Gasteiger partial charge in [0, 0.05) is 13.0 Å². The largest absolute Gasteiger partial charge is 0.458 e. The van der Waals surface area contributed by atoms with Gasteiger partial charge in [0.05, 0.1) is 0 Å². The molecule has 3 amide bonds. The van der Waals surface area contributed by atoms with E-state index in [1.54, 1.807) is 72.7 Å². The molecule has 0 heterocycles. The molecule has 2 N–H and O–H groups in total. The molecule has 2 aromatic rings. The van der Waals surface area contributed by atoms with Gasteiger partial charge < -0.3 is 25.0 Å². The van der Waals surface area contributed by atoms with Crippen LogP contribution < -0.4 is 10.6 Å². The Hall–Kier alpha value is -3.88. The molecule has 0 aliphatic rings. The molecule has 0 aromatic heterocycles. The first-order valence-corrected chi connectivity index (χ1v) is 14.5. The van der Waals surface area contributed by atoms with Crippen molar-refractivity contribution in [2.24, 2.45) is 0 Å². The van der Waals surface area contributed by atoms with E-state index in [-0.39, 0.29) is 13.0 Å². The predicted molar refractivity (Wildman–Crippen MR) is 163 cm³/mol. The van der Waals surface area contributed by atoms with Gasteiger partial charge in [-0.15, -0.1) is 0 Å². The maximum Gasteiger partial charge on any atom is 0.408 e. The second kappa shape index (κ2) is 15.4. The molecule has 2 aromatic carbocycles. The van der Waals surface area contributed by atoms with Gasteiger partial charge in [0.15, 0.2) is 0 Å². The first-order valence-electron chi connectivity index (χ1n) is 14.5. The van der Waals surface area contributed by atoms with Crippen LogP contribution in [0, 0.1) is 0 Å². The Kier molecular flexibility index (Phi) is 12.6. The topological polar surface area (TPSA) is 114 Å². The fourth-order valence-electron chi connectivity index (χ4n) is 4.26. The number of hydrogen-bond donors (Lipinski definition) is 2. The molecule has 0 spiro atoms. The molecule has 9 nitrogen and oxygen atoms in total.